The zero-order chi connectivity index (χ0) is 10.0. The zero-order valence-electron chi connectivity index (χ0n) is 8.92. The van der Waals surface area contributed by atoms with Crippen molar-refractivity contribution in [1.82, 2.24) is 10.2 Å². The van der Waals surface area contributed by atoms with Crippen LogP contribution in [0.2, 0.25) is 0 Å². The van der Waals surface area contributed by atoms with Crippen molar-refractivity contribution < 1.29 is 0 Å². The lowest BCUT2D eigenvalue weighted by molar-refractivity contribution is 0.155. The Kier molecular flexibility index (Phi) is 2.91. The average Bonchev–Trinajstić information content (AvgIpc) is 2.64. The van der Waals surface area contributed by atoms with Gasteiger partial charge in [-0.25, -0.2) is 0 Å². The molecule has 1 unspecified atom stereocenters. The van der Waals surface area contributed by atoms with Gasteiger partial charge in [0.2, 0.25) is 0 Å². The summed E-state index contributed by atoms with van der Waals surface area (Å²) in [6.07, 6.45) is 1.25. The highest BCUT2D eigenvalue weighted by Crippen LogP contribution is 2.31. The third-order valence-corrected chi connectivity index (χ3v) is 4.33. The standard InChI is InChI=1S/C11H18N2S/c1-11(10-5-3-8-14-10)9-12-6-4-7-13(11)2/h3,5,8,12H,4,6-7,9H2,1-2H3. The Labute approximate surface area is 89.9 Å². The lowest BCUT2D eigenvalue weighted by Crippen LogP contribution is -2.45. The largest absolute Gasteiger partial charge is 0.314 e. The van der Waals surface area contributed by atoms with Crippen LogP contribution < -0.4 is 5.32 Å². The van der Waals surface area contributed by atoms with E-state index in [0.717, 1.165) is 13.1 Å². The van der Waals surface area contributed by atoms with Gasteiger partial charge in [-0.3, -0.25) is 4.90 Å². The summed E-state index contributed by atoms with van der Waals surface area (Å²) >= 11 is 1.86. The van der Waals surface area contributed by atoms with Crippen molar-refractivity contribution in [3.8, 4) is 0 Å². The van der Waals surface area contributed by atoms with E-state index in [1.165, 1.54) is 17.8 Å². The Balaban J connectivity index is 2.27. The summed E-state index contributed by atoms with van der Waals surface area (Å²) in [4.78, 5) is 3.94. The minimum Gasteiger partial charge on any atom is -0.314 e. The Bertz CT molecular complexity index is 283. The van der Waals surface area contributed by atoms with E-state index < -0.39 is 0 Å². The maximum atomic E-state index is 3.52. The summed E-state index contributed by atoms with van der Waals surface area (Å²) in [6, 6.07) is 4.39. The Morgan fingerprint density at radius 3 is 3.14 bits per heavy atom. The number of likely N-dealkylation sites (N-methyl/N-ethyl adjacent to an activating group) is 1. The van der Waals surface area contributed by atoms with Crippen molar-refractivity contribution in [2.24, 2.45) is 0 Å². The van der Waals surface area contributed by atoms with Crippen LogP contribution in [-0.2, 0) is 5.54 Å². The molecule has 3 heteroatoms. The molecule has 1 aliphatic heterocycles. The Morgan fingerprint density at radius 1 is 1.57 bits per heavy atom. The van der Waals surface area contributed by atoms with E-state index in [1.54, 1.807) is 0 Å². The first-order valence-electron chi connectivity index (χ1n) is 5.19. The molecular weight excluding hydrogens is 192 g/mol. The van der Waals surface area contributed by atoms with Crippen molar-refractivity contribution in [2.45, 2.75) is 18.9 Å². The molecule has 1 atom stereocenters. The van der Waals surface area contributed by atoms with Crippen LogP contribution in [0.4, 0.5) is 0 Å². The molecule has 2 heterocycles. The van der Waals surface area contributed by atoms with Crippen molar-refractivity contribution in [3.63, 3.8) is 0 Å². The molecule has 2 nitrogen and oxygen atoms in total. The lowest BCUT2D eigenvalue weighted by atomic mass is 9.98. The van der Waals surface area contributed by atoms with Crippen molar-refractivity contribution in [2.75, 3.05) is 26.7 Å². The highest BCUT2D eigenvalue weighted by atomic mass is 32.1. The maximum Gasteiger partial charge on any atom is 0.0648 e. The van der Waals surface area contributed by atoms with Crippen LogP contribution in [0.25, 0.3) is 0 Å². The summed E-state index contributed by atoms with van der Waals surface area (Å²) < 4.78 is 0. The number of hydrogen-bond donors (Lipinski definition) is 1. The van der Waals surface area contributed by atoms with Gasteiger partial charge in [-0.2, -0.15) is 0 Å². The van der Waals surface area contributed by atoms with E-state index in [0.29, 0.717) is 0 Å². The number of nitrogens with one attached hydrogen (secondary N) is 1. The number of rotatable bonds is 1. The molecule has 1 saturated heterocycles. The Hall–Kier alpha value is -0.380. The molecule has 1 aromatic heterocycles. The number of nitrogens with zero attached hydrogens (tertiary/aromatic N) is 1. The average molecular weight is 210 g/mol. The maximum absolute atomic E-state index is 3.52. The fourth-order valence-corrected chi connectivity index (χ4v) is 2.96. The smallest absolute Gasteiger partial charge is 0.0648 e. The van der Waals surface area contributed by atoms with Crippen LogP contribution in [0.3, 0.4) is 0 Å². The van der Waals surface area contributed by atoms with E-state index in [4.69, 9.17) is 0 Å². The zero-order valence-corrected chi connectivity index (χ0v) is 9.73. The Morgan fingerprint density at radius 2 is 2.43 bits per heavy atom. The topological polar surface area (TPSA) is 15.3 Å². The molecule has 1 fully saturated rings. The van der Waals surface area contributed by atoms with Gasteiger partial charge in [-0.05, 0) is 44.9 Å². The predicted octanol–water partition coefficient (Wildman–Crippen LogP) is 1.89. The molecule has 78 valence electrons. The van der Waals surface area contributed by atoms with Crippen molar-refractivity contribution >= 4 is 11.3 Å². The molecule has 14 heavy (non-hydrogen) atoms. The molecule has 0 bridgehead atoms. The van der Waals surface area contributed by atoms with Crippen molar-refractivity contribution in [3.05, 3.63) is 22.4 Å². The molecule has 0 saturated carbocycles. The lowest BCUT2D eigenvalue weighted by Gasteiger charge is -2.36. The third-order valence-electron chi connectivity index (χ3n) is 3.21. The summed E-state index contributed by atoms with van der Waals surface area (Å²) in [5.41, 5.74) is 0.185. The van der Waals surface area contributed by atoms with Gasteiger partial charge in [0.25, 0.3) is 0 Å². The van der Waals surface area contributed by atoms with Crippen molar-refractivity contribution in [1.29, 1.82) is 0 Å². The van der Waals surface area contributed by atoms with Crippen LogP contribution in [0.1, 0.15) is 18.2 Å². The third kappa shape index (κ3) is 1.72. The first kappa shape index (κ1) is 10.1. The molecule has 0 aromatic carbocycles. The predicted molar refractivity (Wildman–Crippen MR) is 61.8 cm³/mol. The number of hydrogen-bond acceptors (Lipinski definition) is 3. The molecule has 0 amide bonds. The van der Waals surface area contributed by atoms with Crippen LogP contribution >= 0.6 is 11.3 Å². The minimum absolute atomic E-state index is 0.185. The first-order valence-corrected chi connectivity index (χ1v) is 6.07. The summed E-state index contributed by atoms with van der Waals surface area (Å²) in [7, 11) is 2.23. The molecule has 0 spiro atoms. The second kappa shape index (κ2) is 4.01. The second-order valence-corrected chi connectivity index (χ2v) is 5.15. The highest BCUT2D eigenvalue weighted by molar-refractivity contribution is 7.10. The number of thiophene rings is 1. The van der Waals surface area contributed by atoms with Crippen LogP contribution in [0.5, 0.6) is 0 Å². The normalized spacial score (nSPS) is 30.1. The molecular formula is C11H18N2S. The van der Waals surface area contributed by atoms with Crippen LogP contribution in [0.15, 0.2) is 17.5 Å². The second-order valence-electron chi connectivity index (χ2n) is 4.20. The first-order chi connectivity index (χ1) is 6.73. The van der Waals surface area contributed by atoms with E-state index >= 15 is 0 Å². The van der Waals surface area contributed by atoms with Gasteiger partial charge in [-0.1, -0.05) is 6.07 Å². The van der Waals surface area contributed by atoms with Gasteiger partial charge < -0.3 is 5.32 Å². The summed E-state index contributed by atoms with van der Waals surface area (Å²) in [6.45, 7) is 5.72. The summed E-state index contributed by atoms with van der Waals surface area (Å²) in [5, 5.41) is 5.69. The fourth-order valence-electron chi connectivity index (χ4n) is 2.01. The molecule has 0 radical (unpaired) electrons. The van der Waals surface area contributed by atoms with Gasteiger partial charge in [0.15, 0.2) is 0 Å². The molecule has 1 N–H and O–H groups in total. The van der Waals surface area contributed by atoms with E-state index in [2.05, 4.69) is 41.7 Å². The van der Waals surface area contributed by atoms with E-state index in [1.807, 2.05) is 11.3 Å². The van der Waals surface area contributed by atoms with Gasteiger partial charge in [0.1, 0.15) is 0 Å². The molecule has 2 rings (SSSR count). The van der Waals surface area contributed by atoms with Gasteiger partial charge in [-0.15, -0.1) is 11.3 Å². The van der Waals surface area contributed by atoms with Gasteiger partial charge in [0, 0.05) is 11.4 Å². The fraction of sp³-hybridized carbons (Fsp3) is 0.636. The van der Waals surface area contributed by atoms with Crippen LogP contribution in [0, 0.1) is 0 Å². The van der Waals surface area contributed by atoms with Crippen LogP contribution in [-0.4, -0.2) is 31.6 Å². The van der Waals surface area contributed by atoms with Gasteiger partial charge in [0.05, 0.1) is 5.54 Å². The van der Waals surface area contributed by atoms with E-state index in [-0.39, 0.29) is 5.54 Å². The SMILES string of the molecule is CN1CCCNCC1(C)c1cccs1. The molecule has 0 aliphatic carbocycles. The van der Waals surface area contributed by atoms with E-state index in [9.17, 15) is 0 Å². The summed E-state index contributed by atoms with van der Waals surface area (Å²) in [5.74, 6) is 0. The quantitative estimate of drug-likeness (QED) is 0.761. The monoisotopic (exact) mass is 210 g/mol. The minimum atomic E-state index is 0.185. The van der Waals surface area contributed by atoms with Gasteiger partial charge >= 0.3 is 0 Å². The molecule has 1 aliphatic rings. The molecule has 1 aromatic rings. The highest BCUT2D eigenvalue weighted by Gasteiger charge is 2.32.